The lowest BCUT2D eigenvalue weighted by Crippen LogP contribution is -2.03. The zero-order valence-corrected chi connectivity index (χ0v) is 10.8. The minimum absolute atomic E-state index is 0.708. The van der Waals surface area contributed by atoms with E-state index in [0.29, 0.717) is 4.77 Å². The fourth-order valence-corrected chi connectivity index (χ4v) is 2.31. The number of aromatic nitrogens is 5. The molecule has 0 aliphatic carbocycles. The van der Waals surface area contributed by atoms with Gasteiger partial charge in [0.1, 0.15) is 0 Å². The van der Waals surface area contributed by atoms with Crippen LogP contribution in [0.4, 0.5) is 0 Å². The molecule has 0 aliphatic rings. The van der Waals surface area contributed by atoms with E-state index >= 15 is 0 Å². The maximum atomic E-state index is 5.32. The van der Waals surface area contributed by atoms with E-state index in [1.165, 1.54) is 0 Å². The zero-order chi connectivity index (χ0) is 12.5. The van der Waals surface area contributed by atoms with E-state index < -0.39 is 0 Å². The van der Waals surface area contributed by atoms with Crippen molar-refractivity contribution in [1.82, 2.24) is 24.3 Å². The highest BCUT2D eigenvalue weighted by atomic mass is 32.1. The molecule has 0 bridgehead atoms. The predicted octanol–water partition coefficient (Wildman–Crippen LogP) is 2.07. The van der Waals surface area contributed by atoms with Crippen LogP contribution >= 0.6 is 12.2 Å². The molecule has 0 amide bonds. The minimum atomic E-state index is 0.708. The number of hydrogen-bond acceptors (Lipinski definition) is 3. The minimum Gasteiger partial charge on any atom is -0.329 e. The summed E-state index contributed by atoms with van der Waals surface area (Å²) in [7, 11) is 1.92. The SMILES string of the molecule is Cn1ccc(CCn2c(=S)[nH]c3cccnc32)n1. The normalized spacial score (nSPS) is 11.2. The van der Waals surface area contributed by atoms with Crippen molar-refractivity contribution in [3.8, 4) is 0 Å². The number of imidazole rings is 1. The molecule has 3 heterocycles. The van der Waals surface area contributed by atoms with Crippen molar-refractivity contribution in [2.24, 2.45) is 7.05 Å². The van der Waals surface area contributed by atoms with Gasteiger partial charge in [-0.05, 0) is 30.4 Å². The summed E-state index contributed by atoms with van der Waals surface area (Å²) in [6.45, 7) is 0.785. The van der Waals surface area contributed by atoms with Crippen molar-refractivity contribution < 1.29 is 0 Å². The van der Waals surface area contributed by atoms with E-state index in [1.54, 1.807) is 6.20 Å². The van der Waals surface area contributed by atoms with Crippen LogP contribution in [0.5, 0.6) is 0 Å². The highest BCUT2D eigenvalue weighted by Crippen LogP contribution is 2.11. The van der Waals surface area contributed by atoms with Crippen molar-refractivity contribution in [3.05, 3.63) is 41.1 Å². The van der Waals surface area contributed by atoms with Crippen molar-refractivity contribution in [1.29, 1.82) is 0 Å². The van der Waals surface area contributed by atoms with Gasteiger partial charge >= 0.3 is 0 Å². The van der Waals surface area contributed by atoms with Crippen LogP contribution in [-0.2, 0) is 20.0 Å². The van der Waals surface area contributed by atoms with E-state index in [1.807, 2.05) is 40.7 Å². The number of aromatic amines is 1. The topological polar surface area (TPSA) is 51.4 Å². The fourth-order valence-electron chi connectivity index (χ4n) is 2.02. The van der Waals surface area contributed by atoms with Crippen molar-refractivity contribution in [2.75, 3.05) is 0 Å². The average molecular weight is 259 g/mol. The number of nitrogens with one attached hydrogen (secondary N) is 1. The van der Waals surface area contributed by atoms with Gasteiger partial charge in [0.05, 0.1) is 11.2 Å². The first-order chi connectivity index (χ1) is 8.74. The van der Waals surface area contributed by atoms with Crippen molar-refractivity contribution >= 4 is 23.4 Å². The Hall–Kier alpha value is -1.95. The Labute approximate surface area is 109 Å². The molecule has 6 heteroatoms. The van der Waals surface area contributed by atoms with E-state index in [4.69, 9.17) is 12.2 Å². The molecule has 0 saturated carbocycles. The number of rotatable bonds is 3. The molecule has 0 aromatic carbocycles. The summed E-state index contributed by atoms with van der Waals surface area (Å²) in [6, 6.07) is 5.90. The molecule has 18 heavy (non-hydrogen) atoms. The molecule has 0 spiro atoms. The summed E-state index contributed by atoms with van der Waals surface area (Å²) in [6.07, 6.45) is 4.57. The summed E-state index contributed by atoms with van der Waals surface area (Å²) in [5, 5.41) is 4.36. The Morgan fingerprint density at radius 1 is 1.39 bits per heavy atom. The van der Waals surface area contributed by atoms with Crippen LogP contribution in [0, 0.1) is 4.77 Å². The number of pyridine rings is 1. The highest BCUT2D eigenvalue weighted by molar-refractivity contribution is 7.71. The van der Waals surface area contributed by atoms with Gasteiger partial charge in [-0.15, -0.1) is 0 Å². The molecule has 0 atom stereocenters. The first-order valence-electron chi connectivity index (χ1n) is 5.76. The Morgan fingerprint density at radius 3 is 3.06 bits per heavy atom. The van der Waals surface area contributed by atoms with Gasteiger partial charge in [-0.1, -0.05) is 0 Å². The van der Waals surface area contributed by atoms with Gasteiger partial charge in [0.2, 0.25) is 0 Å². The maximum absolute atomic E-state index is 5.32. The molecular formula is C12H13N5S. The molecule has 92 valence electrons. The van der Waals surface area contributed by atoms with E-state index in [9.17, 15) is 0 Å². The van der Waals surface area contributed by atoms with Crippen molar-refractivity contribution in [3.63, 3.8) is 0 Å². The fraction of sp³-hybridized carbons (Fsp3) is 0.250. The van der Waals surface area contributed by atoms with Crippen LogP contribution in [0.1, 0.15) is 5.69 Å². The second-order valence-electron chi connectivity index (χ2n) is 4.19. The van der Waals surface area contributed by atoms with Crippen LogP contribution in [0.15, 0.2) is 30.6 Å². The largest absolute Gasteiger partial charge is 0.329 e. The lowest BCUT2D eigenvalue weighted by Gasteiger charge is -2.01. The zero-order valence-electron chi connectivity index (χ0n) is 10.00. The van der Waals surface area contributed by atoms with Crippen LogP contribution in [-0.4, -0.2) is 24.3 Å². The molecule has 0 aliphatic heterocycles. The van der Waals surface area contributed by atoms with E-state index in [-0.39, 0.29) is 0 Å². The summed E-state index contributed by atoms with van der Waals surface area (Å²) < 4.78 is 4.53. The van der Waals surface area contributed by atoms with E-state index in [2.05, 4.69) is 15.1 Å². The maximum Gasteiger partial charge on any atom is 0.179 e. The number of aryl methyl sites for hydroxylation is 3. The first-order valence-corrected chi connectivity index (χ1v) is 6.17. The van der Waals surface area contributed by atoms with Gasteiger partial charge in [-0.3, -0.25) is 4.68 Å². The molecule has 3 aromatic rings. The summed E-state index contributed by atoms with van der Waals surface area (Å²) in [5.74, 6) is 0. The molecule has 0 fully saturated rings. The van der Waals surface area contributed by atoms with Gasteiger partial charge in [0.15, 0.2) is 10.4 Å². The van der Waals surface area contributed by atoms with Gasteiger partial charge in [0, 0.05) is 32.4 Å². The van der Waals surface area contributed by atoms with Gasteiger partial charge in [-0.25, -0.2) is 4.98 Å². The van der Waals surface area contributed by atoms with Crippen LogP contribution in [0.25, 0.3) is 11.2 Å². The van der Waals surface area contributed by atoms with Crippen molar-refractivity contribution in [2.45, 2.75) is 13.0 Å². The Bertz CT molecular complexity index is 736. The third-order valence-corrected chi connectivity index (χ3v) is 3.21. The second kappa shape index (κ2) is 4.38. The average Bonchev–Trinajstić information content (AvgIpc) is 2.90. The monoisotopic (exact) mass is 259 g/mol. The van der Waals surface area contributed by atoms with Crippen LogP contribution < -0.4 is 0 Å². The molecule has 3 aromatic heterocycles. The lowest BCUT2D eigenvalue weighted by molar-refractivity contribution is 0.668. The Morgan fingerprint density at radius 2 is 2.28 bits per heavy atom. The molecule has 0 unspecified atom stereocenters. The highest BCUT2D eigenvalue weighted by Gasteiger charge is 2.05. The van der Waals surface area contributed by atoms with Gasteiger partial charge in [-0.2, -0.15) is 5.10 Å². The summed E-state index contributed by atoms with van der Waals surface area (Å²) in [5.41, 5.74) is 2.94. The summed E-state index contributed by atoms with van der Waals surface area (Å²) >= 11 is 5.32. The van der Waals surface area contributed by atoms with Gasteiger partial charge < -0.3 is 9.55 Å². The molecule has 3 rings (SSSR count). The lowest BCUT2D eigenvalue weighted by atomic mass is 10.3. The van der Waals surface area contributed by atoms with E-state index in [0.717, 1.165) is 29.8 Å². The second-order valence-corrected chi connectivity index (χ2v) is 4.57. The Kier molecular flexibility index (Phi) is 2.71. The standard InChI is InChI=1S/C12H13N5S/c1-16-7-4-9(15-16)5-8-17-11-10(14-12(17)18)3-2-6-13-11/h2-4,6-7H,5,8H2,1H3,(H,14,18). The third kappa shape index (κ3) is 1.95. The molecule has 1 N–H and O–H groups in total. The first kappa shape index (κ1) is 11.2. The molecular weight excluding hydrogens is 246 g/mol. The Balaban J connectivity index is 1.90. The van der Waals surface area contributed by atoms with Gasteiger partial charge in [0.25, 0.3) is 0 Å². The number of fused-ring (bicyclic) bond motifs is 1. The quantitative estimate of drug-likeness (QED) is 0.733. The molecule has 0 radical (unpaired) electrons. The smallest absolute Gasteiger partial charge is 0.179 e. The predicted molar refractivity (Wildman–Crippen MR) is 71.8 cm³/mol. The van der Waals surface area contributed by atoms with Crippen LogP contribution in [0.3, 0.4) is 0 Å². The summed E-state index contributed by atoms with van der Waals surface area (Å²) in [4.78, 5) is 7.52. The number of nitrogens with zero attached hydrogens (tertiary/aromatic N) is 4. The molecule has 0 saturated heterocycles. The number of H-pyrrole nitrogens is 1. The van der Waals surface area contributed by atoms with Crippen LogP contribution in [0.2, 0.25) is 0 Å². The number of hydrogen-bond donors (Lipinski definition) is 1. The molecule has 5 nitrogen and oxygen atoms in total. The third-order valence-electron chi connectivity index (χ3n) is 2.89.